The molecular weight excluding hydrogens is 448 g/mol. The minimum Gasteiger partial charge on any atom is -0.355 e. The van der Waals surface area contributed by atoms with Crippen LogP contribution in [0.4, 0.5) is 0 Å². The van der Waals surface area contributed by atoms with Crippen molar-refractivity contribution in [2.45, 2.75) is 67.9 Å². The minimum absolute atomic E-state index is 0.0389. The number of amides is 1. The average molecular weight is 479 g/mol. The Labute approximate surface area is 189 Å². The van der Waals surface area contributed by atoms with Gasteiger partial charge in [0.05, 0.1) is 4.75 Å². The summed E-state index contributed by atoms with van der Waals surface area (Å²) in [5.41, 5.74) is 1.02. The summed E-state index contributed by atoms with van der Waals surface area (Å²) in [6, 6.07) is 5.58. The van der Waals surface area contributed by atoms with Crippen LogP contribution in [0.3, 0.4) is 0 Å². The van der Waals surface area contributed by atoms with Gasteiger partial charge in [-0.2, -0.15) is 11.8 Å². The molecule has 2 rings (SSSR count). The number of benzene rings is 1. The van der Waals surface area contributed by atoms with E-state index < -0.39 is 14.8 Å². The molecule has 0 atom stereocenters. The molecule has 0 unspecified atom stereocenters. The van der Waals surface area contributed by atoms with Crippen LogP contribution in [0.5, 0.6) is 0 Å². The van der Waals surface area contributed by atoms with Gasteiger partial charge in [0.1, 0.15) is 0 Å². The van der Waals surface area contributed by atoms with Gasteiger partial charge < -0.3 is 5.32 Å². The largest absolute Gasteiger partial charge is 0.355 e. The van der Waals surface area contributed by atoms with E-state index in [9.17, 15) is 13.2 Å². The van der Waals surface area contributed by atoms with E-state index >= 15 is 0 Å². The lowest BCUT2D eigenvalue weighted by molar-refractivity contribution is -0.125. The zero-order chi connectivity index (χ0) is 21.7. The summed E-state index contributed by atoms with van der Waals surface area (Å²) in [5, 5.41) is 3.72. The van der Waals surface area contributed by atoms with Crippen molar-refractivity contribution in [1.29, 1.82) is 0 Å². The van der Waals surface area contributed by atoms with Crippen molar-refractivity contribution >= 4 is 51.9 Å². The van der Waals surface area contributed by atoms with Crippen molar-refractivity contribution in [3.05, 3.63) is 28.8 Å². The molecular formula is C20H31ClN2O3S3. The quantitative estimate of drug-likeness (QED) is 0.385. The molecule has 1 aromatic carbocycles. The Kier molecular flexibility index (Phi) is 9.22. The van der Waals surface area contributed by atoms with Crippen LogP contribution in [0, 0.1) is 5.92 Å². The number of halogens is 1. The molecule has 0 radical (unpaired) electrons. The van der Waals surface area contributed by atoms with E-state index in [1.807, 2.05) is 18.2 Å². The summed E-state index contributed by atoms with van der Waals surface area (Å²) >= 11 is 12.3. The van der Waals surface area contributed by atoms with Gasteiger partial charge >= 0.3 is 0 Å². The first-order chi connectivity index (χ1) is 13.5. The molecule has 164 valence electrons. The van der Waals surface area contributed by atoms with Crippen LogP contribution in [0.15, 0.2) is 23.1 Å². The Morgan fingerprint density at radius 3 is 2.48 bits per heavy atom. The Bertz CT molecular complexity index is 781. The van der Waals surface area contributed by atoms with E-state index in [1.54, 1.807) is 32.5 Å². The highest BCUT2D eigenvalue weighted by atomic mass is 35.5. The maximum atomic E-state index is 12.4. The van der Waals surface area contributed by atoms with Gasteiger partial charge in [0.15, 0.2) is 0 Å². The van der Waals surface area contributed by atoms with Gasteiger partial charge in [0.2, 0.25) is 15.9 Å². The zero-order valence-corrected chi connectivity index (χ0v) is 20.5. The van der Waals surface area contributed by atoms with Crippen molar-refractivity contribution in [2.75, 3.05) is 12.3 Å². The van der Waals surface area contributed by atoms with Crippen molar-refractivity contribution in [2.24, 2.45) is 5.92 Å². The summed E-state index contributed by atoms with van der Waals surface area (Å²) in [6.45, 7) is 5.67. The van der Waals surface area contributed by atoms with Gasteiger partial charge in [0, 0.05) is 39.9 Å². The Morgan fingerprint density at radius 1 is 1.24 bits per heavy atom. The fourth-order valence-electron chi connectivity index (χ4n) is 3.12. The maximum absolute atomic E-state index is 12.4. The lowest BCUT2D eigenvalue weighted by atomic mass is 9.86. The van der Waals surface area contributed by atoms with Crippen molar-refractivity contribution in [1.82, 2.24) is 10.0 Å². The molecule has 0 spiro atoms. The SMILES string of the molecule is CC(C)(C)S(=O)(=O)NC1CCC(C(=O)NCCSCc2c(S)cccc2Cl)CC1. The summed E-state index contributed by atoms with van der Waals surface area (Å²) in [5.74, 6) is 1.58. The summed E-state index contributed by atoms with van der Waals surface area (Å²) in [4.78, 5) is 13.3. The van der Waals surface area contributed by atoms with E-state index in [1.165, 1.54) is 0 Å². The number of hydrogen-bond donors (Lipinski definition) is 3. The van der Waals surface area contributed by atoms with E-state index in [-0.39, 0.29) is 17.9 Å². The fourth-order valence-corrected chi connectivity index (χ4v) is 5.84. The predicted molar refractivity (Wildman–Crippen MR) is 125 cm³/mol. The highest BCUT2D eigenvalue weighted by Crippen LogP contribution is 2.28. The number of hydrogen-bond acceptors (Lipinski definition) is 5. The maximum Gasteiger partial charge on any atom is 0.223 e. The molecule has 1 amide bonds. The molecule has 0 heterocycles. The first kappa shape index (κ1) is 24.9. The van der Waals surface area contributed by atoms with E-state index in [0.717, 1.165) is 22.0 Å². The third kappa shape index (κ3) is 7.35. The van der Waals surface area contributed by atoms with E-state index in [4.69, 9.17) is 11.6 Å². The molecule has 29 heavy (non-hydrogen) atoms. The van der Waals surface area contributed by atoms with Crippen LogP contribution in [-0.4, -0.2) is 37.4 Å². The molecule has 2 N–H and O–H groups in total. The smallest absolute Gasteiger partial charge is 0.223 e. The third-order valence-electron chi connectivity index (χ3n) is 5.11. The standard InChI is InChI=1S/C20H31ClN2O3S3/c1-20(2,3)29(25,26)23-15-9-7-14(8-10-15)19(24)22-11-12-28-13-16-17(21)5-4-6-18(16)27/h4-6,14-15,23,27H,7-13H2,1-3H3,(H,22,24). The molecule has 1 aliphatic carbocycles. The van der Waals surface area contributed by atoms with Crippen molar-refractivity contribution < 1.29 is 13.2 Å². The number of sulfonamides is 1. The highest BCUT2D eigenvalue weighted by molar-refractivity contribution is 7.98. The summed E-state index contributed by atoms with van der Waals surface area (Å²) in [7, 11) is -3.35. The Hall–Kier alpha value is -0.410. The second-order valence-corrected chi connectivity index (χ2v) is 12.8. The van der Waals surface area contributed by atoms with E-state index in [0.29, 0.717) is 37.3 Å². The van der Waals surface area contributed by atoms with Crippen LogP contribution >= 0.6 is 36.0 Å². The number of carbonyl (C=O) groups is 1. The van der Waals surface area contributed by atoms with Gasteiger partial charge in [-0.3, -0.25) is 4.79 Å². The van der Waals surface area contributed by atoms with Gasteiger partial charge in [-0.25, -0.2) is 13.1 Å². The highest BCUT2D eigenvalue weighted by Gasteiger charge is 2.33. The molecule has 9 heteroatoms. The first-order valence-electron chi connectivity index (χ1n) is 9.85. The number of thioether (sulfide) groups is 1. The predicted octanol–water partition coefficient (Wildman–Crippen LogP) is 4.25. The summed E-state index contributed by atoms with van der Waals surface area (Å²) in [6.07, 6.45) is 2.80. The zero-order valence-electron chi connectivity index (χ0n) is 17.2. The van der Waals surface area contributed by atoms with Crippen LogP contribution < -0.4 is 10.0 Å². The molecule has 1 fully saturated rings. The first-order valence-corrected chi connectivity index (χ1v) is 13.3. The van der Waals surface area contributed by atoms with E-state index in [2.05, 4.69) is 22.7 Å². The second kappa shape index (κ2) is 10.8. The molecule has 5 nitrogen and oxygen atoms in total. The third-order valence-corrected chi connectivity index (χ3v) is 9.13. The minimum atomic E-state index is -3.35. The van der Waals surface area contributed by atoms with Gasteiger partial charge in [0.25, 0.3) is 0 Å². The number of thiol groups is 1. The lowest BCUT2D eigenvalue weighted by Crippen LogP contribution is -2.46. The monoisotopic (exact) mass is 478 g/mol. The molecule has 0 aliphatic heterocycles. The second-order valence-electron chi connectivity index (χ2n) is 8.36. The molecule has 1 aliphatic rings. The van der Waals surface area contributed by atoms with Crippen LogP contribution in [0.25, 0.3) is 0 Å². The molecule has 0 aromatic heterocycles. The van der Waals surface area contributed by atoms with Crippen molar-refractivity contribution in [3.63, 3.8) is 0 Å². The van der Waals surface area contributed by atoms with Gasteiger partial charge in [-0.1, -0.05) is 17.7 Å². The van der Waals surface area contributed by atoms with Gasteiger partial charge in [-0.05, 0) is 64.2 Å². The molecule has 0 bridgehead atoms. The van der Waals surface area contributed by atoms with Gasteiger partial charge in [-0.15, -0.1) is 12.6 Å². The Morgan fingerprint density at radius 2 is 1.90 bits per heavy atom. The van der Waals surface area contributed by atoms with Crippen LogP contribution in [0.1, 0.15) is 52.0 Å². The molecule has 1 saturated carbocycles. The lowest BCUT2D eigenvalue weighted by Gasteiger charge is -2.30. The fraction of sp³-hybridized carbons (Fsp3) is 0.650. The molecule has 1 aromatic rings. The van der Waals surface area contributed by atoms with Crippen molar-refractivity contribution in [3.8, 4) is 0 Å². The van der Waals surface area contributed by atoms with Crippen LogP contribution in [-0.2, 0) is 20.6 Å². The number of nitrogens with one attached hydrogen (secondary N) is 2. The Balaban J connectivity index is 1.67. The molecule has 0 saturated heterocycles. The number of rotatable bonds is 8. The summed E-state index contributed by atoms with van der Waals surface area (Å²) < 4.78 is 26.5. The normalized spacial score (nSPS) is 20.4. The average Bonchev–Trinajstić information content (AvgIpc) is 2.62. The topological polar surface area (TPSA) is 75.3 Å². The number of carbonyl (C=O) groups excluding carboxylic acids is 1. The van der Waals surface area contributed by atoms with Crippen LogP contribution in [0.2, 0.25) is 5.02 Å².